The lowest BCUT2D eigenvalue weighted by atomic mass is 9.87. The molecule has 19 heavy (non-hydrogen) atoms. The molecule has 3 heteroatoms. The van der Waals surface area contributed by atoms with Crippen molar-refractivity contribution in [1.29, 1.82) is 0 Å². The molecule has 1 atom stereocenters. The second-order valence-corrected chi connectivity index (χ2v) is 4.19. The second kappa shape index (κ2) is 5.22. The van der Waals surface area contributed by atoms with Crippen LogP contribution in [-0.4, -0.2) is 11.5 Å². The van der Waals surface area contributed by atoms with Crippen LogP contribution in [0.2, 0.25) is 0 Å². The summed E-state index contributed by atoms with van der Waals surface area (Å²) < 4.78 is 5.67. The van der Waals surface area contributed by atoms with Crippen molar-refractivity contribution < 1.29 is 9.53 Å². The maximum Gasteiger partial charge on any atom is 0.166 e. The van der Waals surface area contributed by atoms with Gasteiger partial charge in [-0.25, -0.2) is 4.99 Å². The summed E-state index contributed by atoms with van der Waals surface area (Å²) in [5.41, 5.74) is 2.19. The fourth-order valence-electron chi connectivity index (χ4n) is 1.94. The van der Waals surface area contributed by atoms with Gasteiger partial charge in [-0.15, -0.1) is 0 Å². The number of ether oxygens (including phenoxy) is 1. The maximum atomic E-state index is 11.7. The molecule has 0 saturated heterocycles. The third-order valence-electron chi connectivity index (χ3n) is 3.08. The highest BCUT2D eigenvalue weighted by Crippen LogP contribution is 2.37. The van der Waals surface area contributed by atoms with Crippen LogP contribution in [0.4, 0.5) is 5.69 Å². The van der Waals surface area contributed by atoms with Crippen LogP contribution in [0.15, 0.2) is 53.2 Å². The molecule has 1 aromatic rings. The molecule has 3 nitrogen and oxygen atoms in total. The van der Waals surface area contributed by atoms with Crippen molar-refractivity contribution in [2.24, 2.45) is 10.9 Å². The number of carbonyl (C=O) groups is 1. The van der Waals surface area contributed by atoms with E-state index in [0.29, 0.717) is 17.2 Å². The minimum atomic E-state index is -0.216. The number of aliphatic imine (C=N–C) groups is 1. The lowest BCUT2D eigenvalue weighted by molar-refractivity contribution is -0.116. The van der Waals surface area contributed by atoms with Gasteiger partial charge in [-0.3, -0.25) is 4.79 Å². The largest absolute Gasteiger partial charge is 0.453 e. The predicted octanol–water partition coefficient (Wildman–Crippen LogP) is 3.84. The van der Waals surface area contributed by atoms with E-state index in [0.717, 1.165) is 11.3 Å². The third kappa shape index (κ3) is 2.24. The summed E-state index contributed by atoms with van der Waals surface area (Å²) in [6, 6.07) is 7.50. The Morgan fingerprint density at radius 2 is 1.95 bits per heavy atom. The molecule has 1 aromatic carbocycles. The first kappa shape index (κ1) is 13.3. The molecule has 0 radical (unpaired) electrons. The molecule has 0 amide bonds. The fraction of sp³-hybridized carbons (Fsp3) is 0.250. The van der Waals surface area contributed by atoms with Gasteiger partial charge in [0.25, 0.3) is 0 Å². The number of carbonyl (C=O) groups excluding carboxylic acids is 1. The zero-order valence-corrected chi connectivity index (χ0v) is 11.4. The van der Waals surface area contributed by atoms with Gasteiger partial charge in [0.15, 0.2) is 17.3 Å². The van der Waals surface area contributed by atoms with E-state index in [9.17, 15) is 4.79 Å². The summed E-state index contributed by atoms with van der Waals surface area (Å²) in [6.45, 7) is 9.76. The number of fused-ring (bicyclic) bond motifs is 2. The van der Waals surface area contributed by atoms with E-state index in [1.165, 1.54) is 6.08 Å². The van der Waals surface area contributed by atoms with E-state index in [1.54, 1.807) is 0 Å². The monoisotopic (exact) mass is 255 g/mol. The van der Waals surface area contributed by atoms with Gasteiger partial charge in [-0.1, -0.05) is 39.5 Å². The number of para-hydroxylation sites is 2. The lowest BCUT2D eigenvalue weighted by Gasteiger charge is -2.26. The third-order valence-corrected chi connectivity index (χ3v) is 3.08. The van der Waals surface area contributed by atoms with Crippen molar-refractivity contribution in [2.45, 2.75) is 20.8 Å². The van der Waals surface area contributed by atoms with E-state index in [-0.39, 0.29) is 11.7 Å². The summed E-state index contributed by atoms with van der Waals surface area (Å²) in [6.07, 6.45) is 1.51. The molecule has 0 aromatic heterocycles. The molecule has 1 aliphatic carbocycles. The topological polar surface area (TPSA) is 38.7 Å². The van der Waals surface area contributed by atoms with Gasteiger partial charge in [0, 0.05) is 12.0 Å². The number of rotatable bonds is 0. The molecule has 1 heterocycles. The highest BCUT2D eigenvalue weighted by atomic mass is 16.5. The van der Waals surface area contributed by atoms with Crippen LogP contribution in [0.1, 0.15) is 20.8 Å². The van der Waals surface area contributed by atoms with Crippen LogP contribution in [-0.2, 0) is 4.79 Å². The molecule has 1 unspecified atom stereocenters. The summed E-state index contributed by atoms with van der Waals surface area (Å²) in [5, 5.41) is 0. The standard InChI is InChI=1S/C14H11NO2.C2H6/c1-8-9(2)14-13(7-11(8)16)17-12-6-4-3-5-10(12)15-14;1-2/h3-8H,2H2,1H3;1-2H3. The van der Waals surface area contributed by atoms with Crippen LogP contribution in [0.25, 0.3) is 0 Å². The summed E-state index contributed by atoms with van der Waals surface area (Å²) in [5.74, 6) is 0.990. The van der Waals surface area contributed by atoms with Gasteiger partial charge in [-0.2, -0.15) is 0 Å². The average Bonchev–Trinajstić information content (AvgIpc) is 2.46. The molecule has 3 rings (SSSR count). The van der Waals surface area contributed by atoms with Crippen molar-refractivity contribution in [3.05, 3.63) is 48.3 Å². The van der Waals surface area contributed by atoms with E-state index >= 15 is 0 Å². The van der Waals surface area contributed by atoms with Crippen LogP contribution >= 0.6 is 0 Å². The lowest BCUT2D eigenvalue weighted by Crippen LogP contribution is -2.28. The first-order chi connectivity index (χ1) is 9.16. The molecule has 1 aliphatic heterocycles. The Balaban J connectivity index is 0.000000637. The van der Waals surface area contributed by atoms with Crippen LogP contribution < -0.4 is 4.74 Å². The average molecular weight is 255 g/mol. The van der Waals surface area contributed by atoms with Gasteiger partial charge >= 0.3 is 0 Å². The number of allylic oxidation sites excluding steroid dienone is 2. The Hall–Kier alpha value is -2.16. The molecule has 0 saturated carbocycles. The summed E-state index contributed by atoms with van der Waals surface area (Å²) >= 11 is 0. The first-order valence-electron chi connectivity index (χ1n) is 6.47. The Kier molecular flexibility index (Phi) is 3.65. The Labute approximate surface area is 113 Å². The quantitative estimate of drug-likeness (QED) is 0.706. The van der Waals surface area contributed by atoms with Crippen LogP contribution in [0, 0.1) is 5.92 Å². The second-order valence-electron chi connectivity index (χ2n) is 4.19. The zero-order chi connectivity index (χ0) is 14.0. The number of benzene rings is 1. The van der Waals surface area contributed by atoms with E-state index < -0.39 is 0 Å². The van der Waals surface area contributed by atoms with Crippen molar-refractivity contribution in [3.63, 3.8) is 0 Å². The van der Waals surface area contributed by atoms with Crippen molar-refractivity contribution in [3.8, 4) is 5.75 Å². The van der Waals surface area contributed by atoms with Gasteiger partial charge < -0.3 is 4.74 Å². The number of hydrogen-bond acceptors (Lipinski definition) is 3. The molecule has 2 aliphatic rings. The summed E-state index contributed by atoms with van der Waals surface area (Å²) in [4.78, 5) is 16.2. The molecular formula is C16H17NO2. The normalized spacial score (nSPS) is 20.1. The smallest absolute Gasteiger partial charge is 0.166 e. The molecule has 0 spiro atoms. The number of nitrogens with zero attached hydrogens (tertiary/aromatic N) is 1. The van der Waals surface area contributed by atoms with Crippen molar-refractivity contribution >= 4 is 17.2 Å². The first-order valence-corrected chi connectivity index (χ1v) is 6.47. The molecular weight excluding hydrogens is 238 g/mol. The molecule has 98 valence electrons. The Morgan fingerprint density at radius 1 is 1.26 bits per heavy atom. The van der Waals surface area contributed by atoms with Gasteiger partial charge in [-0.05, 0) is 17.7 Å². The molecule has 0 fully saturated rings. The van der Waals surface area contributed by atoms with Crippen molar-refractivity contribution in [1.82, 2.24) is 0 Å². The number of ketones is 1. The Morgan fingerprint density at radius 3 is 2.68 bits per heavy atom. The maximum absolute atomic E-state index is 11.7. The highest BCUT2D eigenvalue weighted by molar-refractivity contribution is 6.22. The van der Waals surface area contributed by atoms with Gasteiger partial charge in [0.05, 0.1) is 0 Å². The van der Waals surface area contributed by atoms with Gasteiger partial charge in [0.1, 0.15) is 11.4 Å². The SMILES string of the molecule is C=C1C2=Nc3ccccc3OC2=CC(=O)C1C.CC. The minimum Gasteiger partial charge on any atom is -0.453 e. The predicted molar refractivity (Wildman–Crippen MR) is 76.9 cm³/mol. The van der Waals surface area contributed by atoms with Gasteiger partial charge in [0.2, 0.25) is 0 Å². The summed E-state index contributed by atoms with van der Waals surface area (Å²) in [7, 11) is 0. The van der Waals surface area contributed by atoms with Crippen molar-refractivity contribution in [2.75, 3.05) is 0 Å². The number of hydrogen-bond donors (Lipinski definition) is 0. The van der Waals surface area contributed by atoms with E-state index in [1.807, 2.05) is 45.0 Å². The van der Waals surface area contributed by atoms with Crippen LogP contribution in [0.5, 0.6) is 5.75 Å². The Bertz CT molecular complexity index is 597. The van der Waals surface area contributed by atoms with E-state index in [4.69, 9.17) is 4.74 Å². The highest BCUT2D eigenvalue weighted by Gasteiger charge is 2.31. The minimum absolute atomic E-state index is 0.0170. The molecule has 0 N–H and O–H groups in total. The van der Waals surface area contributed by atoms with Crippen LogP contribution in [0.3, 0.4) is 0 Å². The van der Waals surface area contributed by atoms with E-state index in [2.05, 4.69) is 11.6 Å². The molecule has 0 bridgehead atoms. The fourth-order valence-corrected chi connectivity index (χ4v) is 1.94. The zero-order valence-electron chi connectivity index (χ0n) is 11.4.